The summed E-state index contributed by atoms with van der Waals surface area (Å²) in [6.45, 7) is 3.05. The highest BCUT2D eigenvalue weighted by atomic mass is 35.5. The van der Waals surface area contributed by atoms with E-state index in [1.807, 2.05) is 6.92 Å². The minimum absolute atomic E-state index is 0.0405. The van der Waals surface area contributed by atoms with Gasteiger partial charge in [-0.05, 0) is 61.9 Å². The Hall–Kier alpha value is -3.07. The number of nitrogens with zero attached hydrogens (tertiary/aromatic N) is 2. The zero-order valence-corrected chi connectivity index (χ0v) is 21.1. The van der Waals surface area contributed by atoms with Gasteiger partial charge in [-0.15, -0.1) is 0 Å². The number of methoxy groups -OCH3 is 1. The van der Waals surface area contributed by atoms with Crippen LogP contribution in [0.2, 0.25) is 10.0 Å². The molecule has 10 heteroatoms. The van der Waals surface area contributed by atoms with E-state index in [-0.39, 0.29) is 15.6 Å². The standard InChI is InChI=1S/C24H23Cl2N3O4S/c1-16-4-11-21(12-5-16)34(31,32)29(20-10-13-23(33-3)22(26)14-20)15-24(30)28-27-17(2)18-6-8-19(25)9-7-18/h4-14H,15H2,1-3H3,(H,28,30)/b27-17-. The van der Waals surface area contributed by atoms with Gasteiger partial charge in [-0.2, -0.15) is 5.10 Å². The molecule has 0 fully saturated rings. The van der Waals surface area contributed by atoms with Crippen LogP contribution in [0.5, 0.6) is 5.75 Å². The quantitative estimate of drug-likeness (QED) is 0.333. The predicted octanol–water partition coefficient (Wildman–Crippen LogP) is 5.05. The lowest BCUT2D eigenvalue weighted by Gasteiger charge is -2.24. The second-order valence-corrected chi connectivity index (χ2v) is 10.1. The third kappa shape index (κ3) is 6.08. The fraction of sp³-hybridized carbons (Fsp3) is 0.167. The van der Waals surface area contributed by atoms with Crippen molar-refractivity contribution in [3.63, 3.8) is 0 Å². The Bertz CT molecular complexity index is 1310. The summed E-state index contributed by atoms with van der Waals surface area (Å²) in [5.41, 5.74) is 4.82. The highest BCUT2D eigenvalue weighted by molar-refractivity contribution is 7.92. The molecular weight excluding hydrogens is 497 g/mol. The van der Waals surface area contributed by atoms with E-state index >= 15 is 0 Å². The van der Waals surface area contributed by atoms with Gasteiger partial charge in [0.05, 0.1) is 28.4 Å². The Labute approximate surface area is 209 Å². The molecule has 0 heterocycles. The molecule has 0 spiro atoms. The summed E-state index contributed by atoms with van der Waals surface area (Å²) in [6, 6.07) is 17.8. The summed E-state index contributed by atoms with van der Waals surface area (Å²) in [6.07, 6.45) is 0. The largest absolute Gasteiger partial charge is 0.495 e. The molecule has 178 valence electrons. The molecule has 0 aliphatic heterocycles. The average molecular weight is 520 g/mol. The number of ether oxygens (including phenoxy) is 1. The summed E-state index contributed by atoms with van der Waals surface area (Å²) in [5, 5.41) is 4.88. The second kappa shape index (κ2) is 10.9. The number of carbonyl (C=O) groups is 1. The number of amides is 1. The van der Waals surface area contributed by atoms with Crippen molar-refractivity contribution in [3.8, 4) is 5.75 Å². The van der Waals surface area contributed by atoms with Crippen LogP contribution < -0.4 is 14.5 Å². The second-order valence-electron chi connectivity index (χ2n) is 7.38. The Morgan fingerprint density at radius 3 is 2.26 bits per heavy atom. The van der Waals surface area contributed by atoms with E-state index in [9.17, 15) is 13.2 Å². The van der Waals surface area contributed by atoms with E-state index in [0.29, 0.717) is 16.5 Å². The molecule has 0 aromatic heterocycles. The number of rotatable bonds is 8. The van der Waals surface area contributed by atoms with Gasteiger partial charge in [0.15, 0.2) is 0 Å². The van der Waals surface area contributed by atoms with Gasteiger partial charge in [0.1, 0.15) is 12.3 Å². The van der Waals surface area contributed by atoms with Gasteiger partial charge in [-0.25, -0.2) is 13.8 Å². The molecule has 1 N–H and O–H groups in total. The zero-order chi connectivity index (χ0) is 24.9. The van der Waals surface area contributed by atoms with Crippen LogP contribution in [0.1, 0.15) is 18.1 Å². The molecule has 7 nitrogen and oxygen atoms in total. The summed E-state index contributed by atoms with van der Waals surface area (Å²) in [7, 11) is -2.63. The normalized spacial score (nSPS) is 11.7. The Morgan fingerprint density at radius 1 is 1.03 bits per heavy atom. The smallest absolute Gasteiger partial charge is 0.264 e. The van der Waals surface area contributed by atoms with Crippen LogP contribution in [-0.4, -0.2) is 33.7 Å². The number of carbonyl (C=O) groups excluding carboxylic acids is 1. The SMILES string of the molecule is COc1ccc(N(CC(=O)N/N=C(/C)c2ccc(Cl)cc2)S(=O)(=O)c2ccc(C)cc2)cc1Cl. The maximum Gasteiger partial charge on any atom is 0.264 e. The summed E-state index contributed by atoms with van der Waals surface area (Å²) >= 11 is 12.1. The van der Waals surface area contributed by atoms with Gasteiger partial charge in [0, 0.05) is 5.02 Å². The number of hydrogen-bond acceptors (Lipinski definition) is 5. The van der Waals surface area contributed by atoms with Crippen LogP contribution in [-0.2, 0) is 14.8 Å². The van der Waals surface area contributed by atoms with Crippen LogP contribution in [0.25, 0.3) is 0 Å². The van der Waals surface area contributed by atoms with Crippen LogP contribution in [0.15, 0.2) is 76.7 Å². The van der Waals surface area contributed by atoms with Crippen LogP contribution in [0.4, 0.5) is 5.69 Å². The molecule has 3 aromatic carbocycles. The summed E-state index contributed by atoms with van der Waals surface area (Å²) in [4.78, 5) is 12.8. The number of anilines is 1. The van der Waals surface area contributed by atoms with Crippen molar-refractivity contribution in [2.75, 3.05) is 18.0 Å². The van der Waals surface area contributed by atoms with E-state index in [0.717, 1.165) is 15.4 Å². The topological polar surface area (TPSA) is 88.1 Å². The number of benzene rings is 3. The molecule has 0 unspecified atom stereocenters. The number of halogens is 2. The first-order chi connectivity index (χ1) is 16.1. The van der Waals surface area contributed by atoms with Crippen molar-refractivity contribution >= 4 is 50.5 Å². The maximum atomic E-state index is 13.5. The Balaban J connectivity index is 1.91. The van der Waals surface area contributed by atoms with E-state index in [2.05, 4.69) is 10.5 Å². The van der Waals surface area contributed by atoms with Crippen molar-refractivity contribution in [2.45, 2.75) is 18.7 Å². The van der Waals surface area contributed by atoms with E-state index in [1.165, 1.54) is 37.4 Å². The molecular formula is C24H23Cl2N3O4S. The molecule has 1 amide bonds. The highest BCUT2D eigenvalue weighted by Crippen LogP contribution is 2.32. The third-order valence-corrected chi connectivity index (χ3v) is 7.27. The van der Waals surface area contributed by atoms with Gasteiger partial charge < -0.3 is 4.74 Å². The molecule has 3 aromatic rings. The first-order valence-electron chi connectivity index (χ1n) is 10.1. The minimum Gasteiger partial charge on any atom is -0.495 e. The monoisotopic (exact) mass is 519 g/mol. The maximum absolute atomic E-state index is 13.5. The Kier molecular flexibility index (Phi) is 8.19. The number of aryl methyl sites for hydroxylation is 1. The van der Waals surface area contributed by atoms with Crippen molar-refractivity contribution in [2.24, 2.45) is 5.10 Å². The van der Waals surface area contributed by atoms with Gasteiger partial charge in [-0.1, -0.05) is 53.0 Å². The van der Waals surface area contributed by atoms with Crippen LogP contribution in [0, 0.1) is 6.92 Å². The molecule has 0 saturated heterocycles. The van der Waals surface area contributed by atoms with Crippen molar-refractivity contribution < 1.29 is 17.9 Å². The van der Waals surface area contributed by atoms with E-state index in [4.69, 9.17) is 27.9 Å². The molecule has 0 aliphatic rings. The molecule has 0 atom stereocenters. The Morgan fingerprint density at radius 2 is 1.68 bits per heavy atom. The molecule has 34 heavy (non-hydrogen) atoms. The molecule has 0 bridgehead atoms. The van der Waals surface area contributed by atoms with Gasteiger partial charge >= 0.3 is 0 Å². The first-order valence-corrected chi connectivity index (χ1v) is 12.3. The predicted molar refractivity (Wildman–Crippen MR) is 136 cm³/mol. The number of hydrazone groups is 1. The van der Waals surface area contributed by atoms with Gasteiger partial charge in [0.2, 0.25) is 0 Å². The number of sulfonamides is 1. The van der Waals surface area contributed by atoms with E-state index < -0.39 is 22.5 Å². The number of hydrogen-bond donors (Lipinski definition) is 1. The molecule has 0 aliphatic carbocycles. The lowest BCUT2D eigenvalue weighted by molar-refractivity contribution is -0.119. The van der Waals surface area contributed by atoms with Crippen molar-refractivity contribution in [1.82, 2.24) is 5.43 Å². The minimum atomic E-state index is -4.09. The van der Waals surface area contributed by atoms with Crippen molar-refractivity contribution in [3.05, 3.63) is 87.9 Å². The zero-order valence-electron chi connectivity index (χ0n) is 18.7. The molecule has 0 saturated carbocycles. The molecule has 0 radical (unpaired) electrons. The first kappa shape index (κ1) is 25.6. The van der Waals surface area contributed by atoms with E-state index in [1.54, 1.807) is 43.3 Å². The fourth-order valence-electron chi connectivity index (χ4n) is 3.03. The van der Waals surface area contributed by atoms with Crippen molar-refractivity contribution in [1.29, 1.82) is 0 Å². The summed E-state index contributed by atoms with van der Waals surface area (Å²) < 4.78 is 33.1. The van der Waals surface area contributed by atoms with Crippen LogP contribution >= 0.6 is 23.2 Å². The fourth-order valence-corrected chi connectivity index (χ4v) is 4.82. The van der Waals surface area contributed by atoms with Gasteiger partial charge in [-0.3, -0.25) is 9.10 Å². The van der Waals surface area contributed by atoms with Crippen LogP contribution in [0.3, 0.4) is 0 Å². The third-order valence-electron chi connectivity index (χ3n) is 4.93. The van der Waals surface area contributed by atoms with Gasteiger partial charge in [0.25, 0.3) is 15.9 Å². The highest BCUT2D eigenvalue weighted by Gasteiger charge is 2.28. The average Bonchev–Trinajstić information content (AvgIpc) is 2.81. The molecule has 3 rings (SSSR count). The lowest BCUT2D eigenvalue weighted by atomic mass is 10.1. The number of nitrogens with one attached hydrogen (secondary N) is 1. The summed E-state index contributed by atoms with van der Waals surface area (Å²) in [5.74, 6) is -0.248. The lowest BCUT2D eigenvalue weighted by Crippen LogP contribution is -2.39.